The van der Waals surface area contributed by atoms with Gasteiger partial charge in [0.05, 0.1) is 16.1 Å². The zero-order valence-electron chi connectivity index (χ0n) is 18.0. The third-order valence-corrected chi connectivity index (χ3v) is 6.08. The van der Waals surface area contributed by atoms with E-state index >= 15 is 0 Å². The molecule has 34 heavy (non-hydrogen) atoms. The first kappa shape index (κ1) is 25.0. The summed E-state index contributed by atoms with van der Waals surface area (Å²) in [6.45, 7) is 3.05. The predicted molar refractivity (Wildman–Crippen MR) is 119 cm³/mol. The van der Waals surface area contributed by atoms with Gasteiger partial charge in [0.2, 0.25) is 0 Å². The van der Waals surface area contributed by atoms with E-state index in [1.54, 1.807) is 19.1 Å². The molecule has 0 saturated carbocycles. The van der Waals surface area contributed by atoms with Gasteiger partial charge in [-0.1, -0.05) is 12.1 Å². The topological polar surface area (TPSA) is 84.5 Å². The zero-order chi connectivity index (χ0) is 25.1. The second kappa shape index (κ2) is 9.72. The molecule has 180 valence electrons. The van der Waals surface area contributed by atoms with Gasteiger partial charge in [-0.05, 0) is 73.5 Å². The first-order chi connectivity index (χ1) is 15.8. The second-order valence-corrected chi connectivity index (χ2v) is 9.11. The number of carbonyl (C=O) groups is 1. The van der Waals surface area contributed by atoms with Gasteiger partial charge in [-0.25, -0.2) is 12.8 Å². The number of hydrogen-bond acceptors (Lipinski definition) is 4. The molecule has 6 nitrogen and oxygen atoms in total. The SMILES string of the molecule is Cc1ccc(C)c(NS(=O)(=O)c2ccc(OCC(=O)Nc3ccc(F)c(C(F)(F)F)c3)cc2)c1. The van der Waals surface area contributed by atoms with Crippen LogP contribution in [0.1, 0.15) is 16.7 Å². The smallest absolute Gasteiger partial charge is 0.419 e. The van der Waals surface area contributed by atoms with E-state index in [9.17, 15) is 30.8 Å². The van der Waals surface area contributed by atoms with E-state index in [2.05, 4.69) is 10.0 Å². The molecule has 0 radical (unpaired) electrons. The molecular formula is C23H20F4N2O4S. The van der Waals surface area contributed by atoms with E-state index in [0.29, 0.717) is 17.8 Å². The lowest BCUT2D eigenvalue weighted by atomic mass is 10.1. The number of halogens is 4. The number of sulfonamides is 1. The molecule has 0 aliphatic rings. The molecule has 3 aromatic carbocycles. The summed E-state index contributed by atoms with van der Waals surface area (Å²) in [4.78, 5) is 12.0. The highest BCUT2D eigenvalue weighted by Gasteiger charge is 2.34. The van der Waals surface area contributed by atoms with Crippen LogP contribution in [-0.4, -0.2) is 20.9 Å². The summed E-state index contributed by atoms with van der Waals surface area (Å²) in [6, 6.07) is 12.7. The molecule has 0 unspecified atom stereocenters. The molecule has 0 fully saturated rings. The molecule has 0 saturated heterocycles. The fourth-order valence-corrected chi connectivity index (χ4v) is 4.05. The summed E-state index contributed by atoms with van der Waals surface area (Å²) >= 11 is 0. The highest BCUT2D eigenvalue weighted by atomic mass is 32.2. The molecule has 0 atom stereocenters. The summed E-state index contributed by atoms with van der Waals surface area (Å²) in [5.41, 5.74) is 0.342. The average molecular weight is 496 g/mol. The minimum Gasteiger partial charge on any atom is -0.484 e. The fourth-order valence-electron chi connectivity index (χ4n) is 2.93. The maximum atomic E-state index is 13.3. The number of ether oxygens (including phenoxy) is 1. The molecule has 1 amide bonds. The van der Waals surface area contributed by atoms with Crippen molar-refractivity contribution in [1.29, 1.82) is 0 Å². The number of anilines is 2. The van der Waals surface area contributed by atoms with E-state index in [4.69, 9.17) is 4.74 Å². The highest BCUT2D eigenvalue weighted by Crippen LogP contribution is 2.33. The molecular weight excluding hydrogens is 476 g/mol. The van der Waals surface area contributed by atoms with Crippen molar-refractivity contribution >= 4 is 27.3 Å². The Morgan fingerprint density at radius 3 is 2.29 bits per heavy atom. The number of amides is 1. The van der Waals surface area contributed by atoms with Crippen molar-refractivity contribution in [3.8, 4) is 5.75 Å². The number of alkyl halides is 3. The van der Waals surface area contributed by atoms with E-state index in [-0.39, 0.29) is 16.3 Å². The largest absolute Gasteiger partial charge is 0.484 e. The molecule has 0 bridgehead atoms. The molecule has 3 aromatic rings. The lowest BCUT2D eigenvalue weighted by Crippen LogP contribution is -2.21. The van der Waals surface area contributed by atoms with Gasteiger partial charge < -0.3 is 10.1 Å². The van der Waals surface area contributed by atoms with Crippen LogP contribution in [0.4, 0.5) is 28.9 Å². The molecule has 0 aliphatic carbocycles. The number of benzene rings is 3. The van der Waals surface area contributed by atoms with Gasteiger partial charge in [0.25, 0.3) is 15.9 Å². The monoisotopic (exact) mass is 496 g/mol. The molecule has 11 heteroatoms. The molecule has 0 aromatic heterocycles. The minimum atomic E-state index is -4.91. The van der Waals surface area contributed by atoms with Gasteiger partial charge in [-0.2, -0.15) is 13.2 Å². The Morgan fingerprint density at radius 1 is 0.971 bits per heavy atom. The molecule has 3 rings (SSSR count). The Kier molecular flexibility index (Phi) is 7.15. The summed E-state index contributed by atoms with van der Waals surface area (Å²) in [5, 5.41) is 2.19. The van der Waals surface area contributed by atoms with E-state index in [1.807, 2.05) is 13.0 Å². The predicted octanol–water partition coefficient (Wildman–Crippen LogP) is 5.28. The van der Waals surface area contributed by atoms with Crippen molar-refractivity contribution in [2.24, 2.45) is 0 Å². The first-order valence-electron chi connectivity index (χ1n) is 9.85. The Hall–Kier alpha value is -3.60. The Morgan fingerprint density at radius 2 is 1.65 bits per heavy atom. The van der Waals surface area contributed by atoms with Crippen LogP contribution in [-0.2, 0) is 21.0 Å². The lowest BCUT2D eigenvalue weighted by molar-refractivity contribution is -0.140. The van der Waals surface area contributed by atoms with Gasteiger partial charge in [-0.15, -0.1) is 0 Å². The van der Waals surface area contributed by atoms with Crippen molar-refractivity contribution in [3.05, 3.63) is 83.2 Å². The zero-order valence-corrected chi connectivity index (χ0v) is 18.9. The summed E-state index contributed by atoms with van der Waals surface area (Å²) in [6.07, 6.45) is -4.91. The van der Waals surface area contributed by atoms with Gasteiger partial charge in [0.1, 0.15) is 11.6 Å². The maximum absolute atomic E-state index is 13.3. The number of hydrogen-bond donors (Lipinski definition) is 2. The third kappa shape index (κ3) is 6.25. The third-order valence-electron chi connectivity index (χ3n) is 4.70. The Bertz CT molecular complexity index is 1310. The van der Waals surface area contributed by atoms with Gasteiger partial charge in [0, 0.05) is 5.69 Å². The summed E-state index contributed by atoms with van der Waals surface area (Å²) < 4.78 is 84.8. The normalized spacial score (nSPS) is 11.7. The van der Waals surface area contributed by atoms with E-state index in [1.165, 1.54) is 24.3 Å². The standard InChI is InChI=1S/C23H20F4N2O4S/c1-14-3-4-15(2)21(11-14)29-34(31,32)18-8-6-17(7-9-18)33-13-22(30)28-16-5-10-20(24)19(12-16)23(25,26)27/h3-12,29H,13H2,1-2H3,(H,28,30). The first-order valence-corrected chi connectivity index (χ1v) is 11.3. The lowest BCUT2D eigenvalue weighted by Gasteiger charge is -2.13. The second-order valence-electron chi connectivity index (χ2n) is 7.42. The van der Waals surface area contributed by atoms with E-state index < -0.39 is 40.1 Å². The highest BCUT2D eigenvalue weighted by molar-refractivity contribution is 7.92. The quantitative estimate of drug-likeness (QED) is 0.436. The van der Waals surface area contributed by atoms with Crippen LogP contribution in [0.15, 0.2) is 65.6 Å². The number of carbonyl (C=O) groups excluding carboxylic acids is 1. The van der Waals surface area contributed by atoms with Crippen molar-refractivity contribution in [2.75, 3.05) is 16.6 Å². The van der Waals surface area contributed by atoms with Crippen LogP contribution in [0.3, 0.4) is 0 Å². The van der Waals surface area contributed by atoms with Gasteiger partial charge in [-0.3, -0.25) is 9.52 Å². The van der Waals surface area contributed by atoms with Crippen molar-refractivity contribution in [1.82, 2.24) is 0 Å². The minimum absolute atomic E-state index is 0.0313. The van der Waals surface area contributed by atoms with Crippen LogP contribution >= 0.6 is 0 Å². The average Bonchev–Trinajstić information content (AvgIpc) is 2.75. The molecule has 0 aliphatic heterocycles. The summed E-state index contributed by atoms with van der Waals surface area (Å²) in [7, 11) is -3.87. The van der Waals surface area contributed by atoms with Crippen LogP contribution in [0, 0.1) is 19.7 Å². The van der Waals surface area contributed by atoms with E-state index in [0.717, 1.165) is 17.2 Å². The van der Waals surface area contributed by atoms with Crippen LogP contribution < -0.4 is 14.8 Å². The van der Waals surface area contributed by atoms with Crippen LogP contribution in [0.25, 0.3) is 0 Å². The number of aryl methyl sites for hydroxylation is 2. The Balaban J connectivity index is 1.62. The van der Waals surface area contributed by atoms with Crippen molar-refractivity contribution in [3.63, 3.8) is 0 Å². The number of nitrogens with one attached hydrogen (secondary N) is 2. The van der Waals surface area contributed by atoms with Gasteiger partial charge in [0.15, 0.2) is 6.61 Å². The van der Waals surface area contributed by atoms with Gasteiger partial charge >= 0.3 is 6.18 Å². The number of rotatable bonds is 7. The molecule has 0 spiro atoms. The Labute approximate surface area is 193 Å². The molecule has 2 N–H and O–H groups in total. The van der Waals surface area contributed by atoms with Crippen molar-refractivity contribution < 1.29 is 35.5 Å². The van der Waals surface area contributed by atoms with Crippen LogP contribution in [0.5, 0.6) is 5.75 Å². The maximum Gasteiger partial charge on any atom is 0.419 e. The van der Waals surface area contributed by atoms with Crippen molar-refractivity contribution in [2.45, 2.75) is 24.9 Å². The summed E-state index contributed by atoms with van der Waals surface area (Å²) in [5.74, 6) is -2.08. The fraction of sp³-hybridized carbons (Fsp3) is 0.174. The molecule has 0 heterocycles. The van der Waals surface area contributed by atoms with Crippen LogP contribution in [0.2, 0.25) is 0 Å².